The fourth-order valence-electron chi connectivity index (χ4n) is 4.68. The number of halogens is 3. The molecule has 0 atom stereocenters. The largest absolute Gasteiger partial charge is 0.204 e. The normalized spacial score (nSPS) is 31.2. The lowest BCUT2D eigenvalue weighted by Gasteiger charge is -2.31. The van der Waals surface area contributed by atoms with Crippen molar-refractivity contribution in [1.82, 2.24) is 0 Å². The van der Waals surface area contributed by atoms with Crippen molar-refractivity contribution in [3.8, 4) is 0 Å². The van der Waals surface area contributed by atoms with Gasteiger partial charge in [0.2, 0.25) is 0 Å². The SMILES string of the molecule is CC1CCC(CCC2CCC(c3cc(F)c(F)c(F)c3)CC2)CC1.[HH].[HH]. The second-order valence-corrected chi connectivity index (χ2v) is 8.22. The Bertz CT molecular complexity index is 525. The van der Waals surface area contributed by atoms with Gasteiger partial charge in [0.25, 0.3) is 0 Å². The molecular weight excluding hydrogens is 309 g/mol. The molecule has 2 aliphatic rings. The van der Waals surface area contributed by atoms with Gasteiger partial charge in [-0.05, 0) is 67.1 Å². The fourth-order valence-corrected chi connectivity index (χ4v) is 4.68. The van der Waals surface area contributed by atoms with Crippen LogP contribution in [0.1, 0.15) is 85.5 Å². The number of hydrogen-bond donors (Lipinski definition) is 0. The lowest BCUT2D eigenvalue weighted by Crippen LogP contribution is -2.17. The van der Waals surface area contributed by atoms with Gasteiger partial charge in [-0.15, -0.1) is 0 Å². The Morgan fingerprint density at radius 2 is 1.25 bits per heavy atom. The second-order valence-electron chi connectivity index (χ2n) is 8.22. The van der Waals surface area contributed by atoms with Crippen LogP contribution < -0.4 is 0 Å². The summed E-state index contributed by atoms with van der Waals surface area (Å²) < 4.78 is 39.9. The highest BCUT2D eigenvalue weighted by atomic mass is 19.2. The minimum absolute atomic E-state index is 0. The van der Waals surface area contributed by atoms with Crippen molar-refractivity contribution in [3.05, 3.63) is 35.1 Å². The van der Waals surface area contributed by atoms with E-state index in [2.05, 4.69) is 6.92 Å². The highest BCUT2D eigenvalue weighted by Crippen LogP contribution is 2.40. The van der Waals surface area contributed by atoms with Crippen molar-refractivity contribution in [2.45, 2.75) is 77.0 Å². The molecule has 24 heavy (non-hydrogen) atoms. The van der Waals surface area contributed by atoms with Gasteiger partial charge in [0.05, 0.1) is 0 Å². The minimum atomic E-state index is -1.35. The van der Waals surface area contributed by atoms with Crippen LogP contribution in [0, 0.1) is 35.2 Å². The molecule has 2 saturated carbocycles. The van der Waals surface area contributed by atoms with Gasteiger partial charge in [-0.25, -0.2) is 13.2 Å². The summed E-state index contributed by atoms with van der Waals surface area (Å²) in [4.78, 5) is 0. The van der Waals surface area contributed by atoms with E-state index in [4.69, 9.17) is 0 Å². The first kappa shape index (κ1) is 17.8. The van der Waals surface area contributed by atoms with Gasteiger partial charge < -0.3 is 0 Å². The van der Waals surface area contributed by atoms with Crippen LogP contribution in [0.25, 0.3) is 0 Å². The zero-order chi connectivity index (χ0) is 17.1. The summed E-state index contributed by atoms with van der Waals surface area (Å²) in [5, 5.41) is 0. The van der Waals surface area contributed by atoms with E-state index in [1.807, 2.05) is 0 Å². The lowest BCUT2D eigenvalue weighted by molar-refractivity contribution is 0.237. The van der Waals surface area contributed by atoms with Gasteiger partial charge in [0.1, 0.15) is 0 Å². The molecule has 0 bridgehead atoms. The third-order valence-electron chi connectivity index (χ3n) is 6.44. The number of hydrogen-bond acceptors (Lipinski definition) is 0. The summed E-state index contributed by atoms with van der Waals surface area (Å²) in [6.07, 6.45) is 12.4. The Kier molecular flexibility index (Phi) is 5.89. The van der Waals surface area contributed by atoms with Crippen LogP contribution >= 0.6 is 0 Å². The quantitative estimate of drug-likeness (QED) is 0.498. The van der Waals surface area contributed by atoms with Crippen LogP contribution in [0.2, 0.25) is 0 Å². The smallest absolute Gasteiger partial charge is 0.194 e. The van der Waals surface area contributed by atoms with Gasteiger partial charge in [-0.2, -0.15) is 0 Å². The van der Waals surface area contributed by atoms with E-state index in [0.717, 1.165) is 43.4 Å². The van der Waals surface area contributed by atoms with Crippen LogP contribution in [0.15, 0.2) is 12.1 Å². The van der Waals surface area contributed by atoms with Gasteiger partial charge in [-0.3, -0.25) is 0 Å². The van der Waals surface area contributed by atoms with Gasteiger partial charge in [0.15, 0.2) is 17.5 Å². The van der Waals surface area contributed by atoms with Crippen LogP contribution in [-0.2, 0) is 0 Å². The predicted molar refractivity (Wildman–Crippen MR) is 95.6 cm³/mol. The minimum Gasteiger partial charge on any atom is -0.204 e. The van der Waals surface area contributed by atoms with Crippen molar-refractivity contribution in [2.24, 2.45) is 17.8 Å². The summed E-state index contributed by atoms with van der Waals surface area (Å²) in [6.45, 7) is 2.36. The molecule has 0 radical (unpaired) electrons. The highest BCUT2D eigenvalue weighted by molar-refractivity contribution is 5.23. The zero-order valence-corrected chi connectivity index (χ0v) is 14.7. The zero-order valence-electron chi connectivity index (χ0n) is 14.7. The van der Waals surface area contributed by atoms with E-state index in [-0.39, 0.29) is 8.77 Å². The van der Waals surface area contributed by atoms with Crippen LogP contribution in [0.5, 0.6) is 0 Å². The first-order chi connectivity index (χ1) is 11.5. The van der Waals surface area contributed by atoms with E-state index >= 15 is 0 Å². The first-order valence-corrected chi connectivity index (χ1v) is 9.67. The van der Waals surface area contributed by atoms with E-state index in [0.29, 0.717) is 5.56 Å². The maximum Gasteiger partial charge on any atom is 0.194 e. The summed E-state index contributed by atoms with van der Waals surface area (Å²) >= 11 is 0. The van der Waals surface area contributed by atoms with Crippen molar-refractivity contribution in [1.29, 1.82) is 0 Å². The van der Waals surface area contributed by atoms with E-state index in [1.54, 1.807) is 0 Å². The third kappa shape index (κ3) is 4.34. The van der Waals surface area contributed by atoms with Crippen molar-refractivity contribution >= 4 is 0 Å². The summed E-state index contributed by atoms with van der Waals surface area (Å²) in [7, 11) is 0. The molecule has 3 heteroatoms. The Morgan fingerprint density at radius 1 is 0.792 bits per heavy atom. The number of benzene rings is 1. The average Bonchev–Trinajstić information content (AvgIpc) is 2.59. The van der Waals surface area contributed by atoms with E-state index in [1.165, 1.54) is 50.7 Å². The molecule has 3 rings (SSSR count). The van der Waals surface area contributed by atoms with Gasteiger partial charge >= 0.3 is 0 Å². The van der Waals surface area contributed by atoms with Crippen LogP contribution in [0.3, 0.4) is 0 Å². The topological polar surface area (TPSA) is 0 Å². The predicted octanol–water partition coefficient (Wildman–Crippen LogP) is 7.48. The molecule has 0 amide bonds. The molecule has 138 valence electrons. The molecule has 0 unspecified atom stereocenters. The summed E-state index contributed by atoms with van der Waals surface area (Å²) in [5.41, 5.74) is 0.631. The fraction of sp³-hybridized carbons (Fsp3) is 0.714. The van der Waals surface area contributed by atoms with Crippen molar-refractivity contribution in [3.63, 3.8) is 0 Å². The Balaban J connectivity index is 0.00000169. The summed E-state index contributed by atoms with van der Waals surface area (Å²) in [6, 6.07) is 2.37. The van der Waals surface area contributed by atoms with Crippen molar-refractivity contribution in [2.75, 3.05) is 0 Å². The van der Waals surface area contributed by atoms with Crippen LogP contribution in [0.4, 0.5) is 13.2 Å². The average molecular weight is 342 g/mol. The standard InChI is InChI=1S/C21H29F3.2H2/c1-14-2-4-15(5-3-14)6-7-16-8-10-17(11-9-16)18-12-19(22)21(24)20(23)13-18;;/h12-17H,2-11H2,1H3;2*1H. The molecule has 1 aromatic rings. The van der Waals surface area contributed by atoms with Crippen LogP contribution in [-0.4, -0.2) is 0 Å². The molecule has 0 nitrogen and oxygen atoms in total. The molecule has 0 saturated heterocycles. The first-order valence-electron chi connectivity index (χ1n) is 9.67. The van der Waals surface area contributed by atoms with Gasteiger partial charge in [-0.1, -0.05) is 45.4 Å². The monoisotopic (exact) mass is 342 g/mol. The highest BCUT2D eigenvalue weighted by Gasteiger charge is 2.25. The molecular formula is C21H33F3. The van der Waals surface area contributed by atoms with E-state index < -0.39 is 17.5 Å². The summed E-state index contributed by atoms with van der Waals surface area (Å²) in [5.74, 6) is -0.698. The Hall–Kier alpha value is -0.990. The maximum atomic E-state index is 13.4. The van der Waals surface area contributed by atoms with Crippen molar-refractivity contribution < 1.29 is 16.0 Å². The second kappa shape index (κ2) is 7.93. The molecule has 0 aromatic heterocycles. The molecule has 0 spiro atoms. The molecule has 1 aromatic carbocycles. The molecule has 2 fully saturated rings. The molecule has 0 N–H and O–H groups in total. The number of rotatable bonds is 4. The van der Waals surface area contributed by atoms with Gasteiger partial charge in [0, 0.05) is 2.85 Å². The lowest BCUT2D eigenvalue weighted by atomic mass is 9.74. The maximum absolute atomic E-state index is 13.4. The van der Waals surface area contributed by atoms with E-state index in [9.17, 15) is 13.2 Å². The Labute approximate surface area is 146 Å². The third-order valence-corrected chi connectivity index (χ3v) is 6.44. The molecule has 2 aliphatic carbocycles. The molecule has 0 heterocycles. The Morgan fingerprint density at radius 3 is 1.75 bits per heavy atom. The molecule has 0 aliphatic heterocycles.